The van der Waals surface area contributed by atoms with Crippen LogP contribution in [0.5, 0.6) is 0 Å². The Labute approximate surface area is 182 Å². The molecular weight excluding hydrogens is 442 g/mol. The van der Waals surface area contributed by atoms with Crippen molar-refractivity contribution >= 4 is 11.0 Å². The van der Waals surface area contributed by atoms with E-state index in [2.05, 4.69) is 15.1 Å². The lowest BCUT2D eigenvalue weighted by molar-refractivity contribution is -0.137. The molecule has 0 aliphatic rings. The van der Waals surface area contributed by atoms with Gasteiger partial charge in [-0.25, -0.2) is 19.0 Å². The number of aromatic nitrogens is 5. The van der Waals surface area contributed by atoms with Gasteiger partial charge in [0, 0.05) is 5.56 Å². The Hall–Kier alpha value is -4.28. The third kappa shape index (κ3) is 3.88. The highest BCUT2D eigenvalue weighted by Gasteiger charge is 2.30. The van der Waals surface area contributed by atoms with Gasteiger partial charge >= 0.3 is 6.18 Å². The van der Waals surface area contributed by atoms with E-state index in [0.717, 1.165) is 12.1 Å². The topological polar surface area (TPSA) is 78.7 Å². The minimum absolute atomic E-state index is 0.0429. The molecule has 5 aromatic rings. The molecule has 33 heavy (non-hydrogen) atoms. The summed E-state index contributed by atoms with van der Waals surface area (Å²) in [7, 11) is 0. The quantitative estimate of drug-likeness (QED) is 0.375. The fourth-order valence-electron chi connectivity index (χ4n) is 3.34. The second kappa shape index (κ2) is 7.69. The molecule has 0 fully saturated rings. The van der Waals surface area contributed by atoms with Crippen molar-refractivity contribution in [2.75, 3.05) is 0 Å². The van der Waals surface area contributed by atoms with E-state index in [1.807, 2.05) is 0 Å². The maximum absolute atomic E-state index is 13.1. The third-order valence-electron chi connectivity index (χ3n) is 4.95. The summed E-state index contributed by atoms with van der Waals surface area (Å²) in [5, 5.41) is 4.19. The van der Waals surface area contributed by atoms with Crippen LogP contribution in [0.4, 0.5) is 17.6 Å². The molecule has 3 aromatic heterocycles. The molecule has 0 spiro atoms. The second-order valence-corrected chi connectivity index (χ2v) is 7.17. The highest BCUT2D eigenvalue weighted by molar-refractivity contribution is 5.75. The van der Waals surface area contributed by atoms with E-state index in [1.54, 1.807) is 0 Å². The van der Waals surface area contributed by atoms with Gasteiger partial charge in [-0.15, -0.1) is 0 Å². The lowest BCUT2D eigenvalue weighted by atomic mass is 10.2. The normalized spacial score (nSPS) is 11.9. The largest absolute Gasteiger partial charge is 0.444 e. The minimum atomic E-state index is -4.51. The van der Waals surface area contributed by atoms with Gasteiger partial charge < -0.3 is 4.42 Å². The van der Waals surface area contributed by atoms with Crippen LogP contribution >= 0.6 is 0 Å². The molecule has 2 aromatic carbocycles. The van der Waals surface area contributed by atoms with Crippen molar-refractivity contribution < 1.29 is 22.0 Å². The fraction of sp³-hybridized carbons (Fsp3) is 0.0909. The number of benzene rings is 2. The zero-order valence-electron chi connectivity index (χ0n) is 16.6. The summed E-state index contributed by atoms with van der Waals surface area (Å²) in [6.45, 7) is 0.0429. The number of halogens is 4. The van der Waals surface area contributed by atoms with Gasteiger partial charge in [-0.2, -0.15) is 18.3 Å². The smallest absolute Gasteiger partial charge is 0.416 e. The van der Waals surface area contributed by atoms with Gasteiger partial charge in [0.2, 0.25) is 5.89 Å². The lowest BCUT2D eigenvalue weighted by Gasteiger charge is -2.09. The molecule has 0 unspecified atom stereocenters. The van der Waals surface area contributed by atoms with Gasteiger partial charge in [-0.1, -0.05) is 6.07 Å². The summed E-state index contributed by atoms with van der Waals surface area (Å²) in [4.78, 5) is 21.4. The van der Waals surface area contributed by atoms with E-state index in [-0.39, 0.29) is 35.0 Å². The summed E-state index contributed by atoms with van der Waals surface area (Å²) in [5.41, 5.74) is -0.00836. The van der Waals surface area contributed by atoms with Crippen LogP contribution < -0.4 is 5.56 Å². The van der Waals surface area contributed by atoms with Gasteiger partial charge in [0.25, 0.3) is 5.56 Å². The summed E-state index contributed by atoms with van der Waals surface area (Å²) < 4.78 is 60.1. The van der Waals surface area contributed by atoms with Crippen LogP contribution in [-0.2, 0) is 12.7 Å². The van der Waals surface area contributed by atoms with Crippen molar-refractivity contribution in [1.82, 2.24) is 24.3 Å². The molecule has 0 aliphatic heterocycles. The van der Waals surface area contributed by atoms with Crippen molar-refractivity contribution in [1.29, 1.82) is 0 Å². The van der Waals surface area contributed by atoms with Crippen LogP contribution in [-0.4, -0.2) is 24.3 Å². The first kappa shape index (κ1) is 20.6. The number of fused-ring (bicyclic) bond motifs is 1. The number of rotatable bonds is 4. The van der Waals surface area contributed by atoms with Gasteiger partial charge in [0.1, 0.15) is 23.8 Å². The van der Waals surface area contributed by atoms with E-state index < -0.39 is 17.3 Å². The SMILES string of the molecule is O=c1c2cnn(-c3cccc(C(F)(F)F)c3)c2ncn1Cc1coc(-c2ccc(F)cc2)n1. The highest BCUT2D eigenvalue weighted by atomic mass is 19.4. The summed E-state index contributed by atoms with van der Waals surface area (Å²) in [6.07, 6.45) is -0.609. The number of nitrogens with zero attached hydrogens (tertiary/aromatic N) is 5. The van der Waals surface area contributed by atoms with Crippen LogP contribution in [0.2, 0.25) is 0 Å². The monoisotopic (exact) mass is 455 g/mol. The Bertz CT molecular complexity index is 1520. The first-order valence-corrected chi connectivity index (χ1v) is 9.61. The van der Waals surface area contributed by atoms with E-state index in [0.29, 0.717) is 11.3 Å². The standard InChI is InChI=1S/C22H13F4N5O2/c23-15-6-4-13(5-7-15)20-29-16(11-33-20)10-30-12-27-19-18(21(30)32)9-28-31(19)17-3-1-2-14(8-17)22(24,25)26/h1-9,11-12H,10H2. The average molecular weight is 455 g/mol. The Morgan fingerprint density at radius 1 is 1.06 bits per heavy atom. The van der Waals surface area contributed by atoms with Crippen LogP contribution in [0.25, 0.3) is 28.2 Å². The third-order valence-corrected chi connectivity index (χ3v) is 4.95. The van der Waals surface area contributed by atoms with Gasteiger partial charge in [-0.3, -0.25) is 9.36 Å². The zero-order valence-corrected chi connectivity index (χ0v) is 16.6. The molecule has 5 rings (SSSR count). The molecule has 7 nitrogen and oxygen atoms in total. The van der Waals surface area contributed by atoms with Crippen molar-refractivity contribution in [3.63, 3.8) is 0 Å². The molecule has 0 radical (unpaired) electrons. The molecular formula is C22H13F4N5O2. The number of oxazole rings is 1. The lowest BCUT2D eigenvalue weighted by Crippen LogP contribution is -2.21. The second-order valence-electron chi connectivity index (χ2n) is 7.17. The van der Waals surface area contributed by atoms with Crippen molar-refractivity contribution in [2.24, 2.45) is 0 Å². The van der Waals surface area contributed by atoms with Gasteiger partial charge in [-0.05, 0) is 42.5 Å². The van der Waals surface area contributed by atoms with Crippen LogP contribution in [0.1, 0.15) is 11.3 Å². The number of hydrogen-bond donors (Lipinski definition) is 0. The minimum Gasteiger partial charge on any atom is -0.444 e. The molecule has 166 valence electrons. The average Bonchev–Trinajstić information content (AvgIpc) is 3.43. The van der Waals surface area contributed by atoms with Crippen molar-refractivity contribution in [3.8, 4) is 17.1 Å². The van der Waals surface area contributed by atoms with E-state index in [1.165, 1.54) is 64.4 Å². The van der Waals surface area contributed by atoms with Crippen molar-refractivity contribution in [2.45, 2.75) is 12.7 Å². The van der Waals surface area contributed by atoms with Crippen LogP contribution in [0, 0.1) is 5.82 Å². The maximum Gasteiger partial charge on any atom is 0.416 e. The predicted molar refractivity (Wildman–Crippen MR) is 109 cm³/mol. The van der Waals surface area contributed by atoms with E-state index in [9.17, 15) is 22.4 Å². The maximum atomic E-state index is 13.1. The summed E-state index contributed by atoms with van der Waals surface area (Å²) in [5.74, 6) is -0.119. The fourth-order valence-corrected chi connectivity index (χ4v) is 3.34. The molecule has 0 saturated heterocycles. The first-order chi connectivity index (χ1) is 15.8. The Morgan fingerprint density at radius 2 is 1.85 bits per heavy atom. The molecule has 11 heteroatoms. The van der Waals surface area contributed by atoms with Gasteiger partial charge in [0.05, 0.1) is 29.7 Å². The first-order valence-electron chi connectivity index (χ1n) is 9.61. The Balaban J connectivity index is 1.46. The van der Waals surface area contributed by atoms with Crippen LogP contribution in [0.15, 0.2) is 76.5 Å². The predicted octanol–water partition coefficient (Wildman–Crippen LogP) is 4.44. The van der Waals surface area contributed by atoms with Crippen LogP contribution in [0.3, 0.4) is 0 Å². The zero-order chi connectivity index (χ0) is 23.2. The van der Waals surface area contributed by atoms with Crippen molar-refractivity contribution in [3.05, 3.63) is 94.7 Å². The molecule has 0 aliphatic carbocycles. The Morgan fingerprint density at radius 3 is 2.61 bits per heavy atom. The van der Waals surface area contributed by atoms with Gasteiger partial charge in [0.15, 0.2) is 5.65 Å². The number of alkyl halides is 3. The van der Waals surface area contributed by atoms with E-state index >= 15 is 0 Å². The molecule has 0 amide bonds. The summed E-state index contributed by atoms with van der Waals surface area (Å²) >= 11 is 0. The number of hydrogen-bond acceptors (Lipinski definition) is 5. The molecule has 0 N–H and O–H groups in total. The highest BCUT2D eigenvalue weighted by Crippen LogP contribution is 2.30. The summed E-state index contributed by atoms with van der Waals surface area (Å²) in [6, 6.07) is 10.2. The molecule has 0 bridgehead atoms. The Kier molecular flexibility index (Phi) is 4.81. The molecule has 0 atom stereocenters. The van der Waals surface area contributed by atoms with E-state index in [4.69, 9.17) is 4.42 Å². The molecule has 3 heterocycles. The molecule has 0 saturated carbocycles.